The number of aliphatic hydroxyl groups excluding tert-OH is 1. The highest BCUT2D eigenvalue weighted by atomic mass is 79.9. The minimum absolute atomic E-state index is 0.0110. The number of hydrogen-bond donors (Lipinski definition) is 2. The minimum atomic E-state index is -0.497. The van der Waals surface area contributed by atoms with Gasteiger partial charge in [0.25, 0.3) is 0 Å². The number of carbonyl (C=O) groups is 1. The quantitative estimate of drug-likeness (QED) is 0.895. The number of halogens is 1. The van der Waals surface area contributed by atoms with Crippen molar-refractivity contribution >= 4 is 27.5 Å². The van der Waals surface area contributed by atoms with Gasteiger partial charge in [0.1, 0.15) is 0 Å². The number of nitrogens with one attached hydrogen (secondary N) is 1. The first-order chi connectivity index (χ1) is 8.97. The molecular formula is C14H19BrN2O2. The van der Waals surface area contributed by atoms with Crippen LogP contribution >= 0.6 is 15.9 Å². The number of nitrogens with zero attached hydrogens (tertiary/aromatic N) is 1. The van der Waals surface area contributed by atoms with Gasteiger partial charge in [0.15, 0.2) is 0 Å². The van der Waals surface area contributed by atoms with Crippen LogP contribution in [-0.4, -0.2) is 30.1 Å². The summed E-state index contributed by atoms with van der Waals surface area (Å²) in [6, 6.07) is 6.10. The number of rotatable bonds is 3. The number of aliphatic hydroxyl groups is 1. The number of benzene rings is 1. The summed E-state index contributed by atoms with van der Waals surface area (Å²) in [5.74, 6) is 0.0110. The molecule has 2 unspecified atom stereocenters. The summed E-state index contributed by atoms with van der Waals surface area (Å²) < 4.78 is 0.995. The number of hydrogen-bond acceptors (Lipinski definition) is 3. The smallest absolute Gasteiger partial charge is 0.217 e. The molecule has 0 aromatic heterocycles. The second kappa shape index (κ2) is 5.92. The van der Waals surface area contributed by atoms with Crippen LogP contribution in [-0.2, 0) is 4.79 Å². The topological polar surface area (TPSA) is 52.6 Å². The summed E-state index contributed by atoms with van der Waals surface area (Å²) >= 11 is 3.47. The molecule has 2 rings (SSSR count). The average molecular weight is 327 g/mol. The van der Waals surface area contributed by atoms with Crippen LogP contribution in [0.4, 0.5) is 5.69 Å². The van der Waals surface area contributed by atoms with Crippen LogP contribution in [0.1, 0.15) is 31.9 Å². The maximum absolute atomic E-state index is 11.1. The third-order valence-electron chi connectivity index (χ3n) is 3.38. The summed E-state index contributed by atoms with van der Waals surface area (Å²) in [6.45, 7) is 4.99. The van der Waals surface area contributed by atoms with Crippen LogP contribution in [0.15, 0.2) is 22.7 Å². The molecule has 4 nitrogen and oxygen atoms in total. The number of carbonyl (C=O) groups excluding carboxylic acids is 1. The van der Waals surface area contributed by atoms with E-state index in [0.29, 0.717) is 0 Å². The van der Waals surface area contributed by atoms with Crippen molar-refractivity contribution in [1.29, 1.82) is 0 Å². The Kier molecular flexibility index (Phi) is 4.47. The van der Waals surface area contributed by atoms with E-state index in [0.717, 1.165) is 35.2 Å². The monoisotopic (exact) mass is 326 g/mol. The van der Waals surface area contributed by atoms with Gasteiger partial charge in [0.2, 0.25) is 5.91 Å². The molecule has 1 aromatic carbocycles. The minimum Gasteiger partial charge on any atom is -0.389 e. The maximum atomic E-state index is 11.1. The number of amides is 1. The molecule has 0 aliphatic carbocycles. The molecule has 104 valence electrons. The van der Waals surface area contributed by atoms with Crippen molar-refractivity contribution in [1.82, 2.24) is 5.32 Å². The molecule has 2 N–H and O–H groups in total. The highest BCUT2D eigenvalue weighted by Crippen LogP contribution is 2.31. The van der Waals surface area contributed by atoms with Gasteiger partial charge in [-0.2, -0.15) is 0 Å². The SMILES string of the molecule is CC(=O)NC1CCN(c2cc(Br)ccc2C(C)O)C1. The molecule has 5 heteroatoms. The van der Waals surface area contributed by atoms with Gasteiger partial charge in [-0.25, -0.2) is 0 Å². The lowest BCUT2D eigenvalue weighted by molar-refractivity contribution is -0.119. The lowest BCUT2D eigenvalue weighted by Crippen LogP contribution is -2.35. The van der Waals surface area contributed by atoms with E-state index in [-0.39, 0.29) is 11.9 Å². The third-order valence-corrected chi connectivity index (χ3v) is 3.87. The molecule has 0 bridgehead atoms. The summed E-state index contributed by atoms with van der Waals surface area (Å²) in [7, 11) is 0. The van der Waals surface area contributed by atoms with Crippen molar-refractivity contribution in [2.75, 3.05) is 18.0 Å². The Labute approximate surface area is 121 Å². The van der Waals surface area contributed by atoms with E-state index >= 15 is 0 Å². The van der Waals surface area contributed by atoms with Crippen molar-refractivity contribution in [2.45, 2.75) is 32.4 Å². The highest BCUT2D eigenvalue weighted by Gasteiger charge is 2.25. The van der Waals surface area contributed by atoms with Crippen LogP contribution in [0.2, 0.25) is 0 Å². The van der Waals surface area contributed by atoms with Crippen molar-refractivity contribution in [2.24, 2.45) is 0 Å². The third kappa shape index (κ3) is 3.48. The normalized spacial score (nSPS) is 20.4. The van der Waals surface area contributed by atoms with Crippen molar-refractivity contribution < 1.29 is 9.90 Å². The zero-order valence-corrected chi connectivity index (χ0v) is 12.8. The second-order valence-corrected chi connectivity index (χ2v) is 5.93. The van der Waals surface area contributed by atoms with Crippen LogP contribution in [0.25, 0.3) is 0 Å². The summed E-state index contributed by atoms with van der Waals surface area (Å²) in [5, 5.41) is 12.8. The lowest BCUT2D eigenvalue weighted by atomic mass is 10.1. The summed E-state index contributed by atoms with van der Waals surface area (Å²) in [4.78, 5) is 13.3. The van der Waals surface area contributed by atoms with Crippen molar-refractivity contribution in [3.05, 3.63) is 28.2 Å². The van der Waals surface area contributed by atoms with Gasteiger partial charge in [-0.3, -0.25) is 4.79 Å². The zero-order valence-electron chi connectivity index (χ0n) is 11.2. The average Bonchev–Trinajstić information content (AvgIpc) is 2.75. The van der Waals surface area contributed by atoms with Crippen LogP contribution in [0.3, 0.4) is 0 Å². The van der Waals surface area contributed by atoms with Gasteiger partial charge in [0, 0.05) is 41.8 Å². The molecule has 2 atom stereocenters. The van der Waals surface area contributed by atoms with Crippen LogP contribution < -0.4 is 10.2 Å². The Morgan fingerprint density at radius 1 is 1.58 bits per heavy atom. The van der Waals surface area contributed by atoms with E-state index in [9.17, 15) is 9.90 Å². The first-order valence-electron chi connectivity index (χ1n) is 6.47. The van der Waals surface area contributed by atoms with Gasteiger partial charge >= 0.3 is 0 Å². The van der Waals surface area contributed by atoms with E-state index < -0.39 is 6.10 Å². The molecule has 0 spiro atoms. The standard InChI is InChI=1S/C14H19BrN2O2/c1-9(18)13-4-3-11(15)7-14(13)17-6-5-12(8-17)16-10(2)19/h3-4,7,9,12,18H,5-6,8H2,1-2H3,(H,16,19). The van der Waals surface area contributed by atoms with Gasteiger partial charge in [0.05, 0.1) is 6.10 Å². The van der Waals surface area contributed by atoms with Crippen molar-refractivity contribution in [3.63, 3.8) is 0 Å². The Balaban J connectivity index is 2.18. The Bertz CT molecular complexity index is 477. The fraction of sp³-hybridized carbons (Fsp3) is 0.500. The lowest BCUT2D eigenvalue weighted by Gasteiger charge is -2.23. The molecule has 19 heavy (non-hydrogen) atoms. The van der Waals surface area contributed by atoms with Gasteiger partial charge < -0.3 is 15.3 Å². The maximum Gasteiger partial charge on any atom is 0.217 e. The first kappa shape index (κ1) is 14.3. The molecule has 1 heterocycles. The molecule has 0 saturated carbocycles. The fourth-order valence-corrected chi connectivity index (χ4v) is 2.88. The summed E-state index contributed by atoms with van der Waals surface area (Å²) in [5.41, 5.74) is 1.96. The Morgan fingerprint density at radius 2 is 2.32 bits per heavy atom. The highest BCUT2D eigenvalue weighted by molar-refractivity contribution is 9.10. The predicted molar refractivity (Wildman–Crippen MR) is 79.2 cm³/mol. The molecule has 1 aliphatic rings. The van der Waals surface area contributed by atoms with Gasteiger partial charge in [-0.1, -0.05) is 22.0 Å². The molecule has 1 aromatic rings. The van der Waals surface area contributed by atoms with E-state index in [4.69, 9.17) is 0 Å². The van der Waals surface area contributed by atoms with Crippen LogP contribution in [0, 0.1) is 0 Å². The molecule has 0 radical (unpaired) electrons. The molecule has 1 saturated heterocycles. The Hall–Kier alpha value is -1.07. The summed E-state index contributed by atoms with van der Waals surface area (Å²) in [6.07, 6.45) is 0.439. The molecule has 1 aliphatic heterocycles. The molecular weight excluding hydrogens is 308 g/mol. The van der Waals surface area contributed by atoms with Gasteiger partial charge in [-0.15, -0.1) is 0 Å². The van der Waals surface area contributed by atoms with E-state index in [1.54, 1.807) is 13.8 Å². The zero-order chi connectivity index (χ0) is 14.0. The second-order valence-electron chi connectivity index (χ2n) is 5.01. The van der Waals surface area contributed by atoms with E-state index in [1.807, 2.05) is 18.2 Å². The van der Waals surface area contributed by atoms with Crippen molar-refractivity contribution in [3.8, 4) is 0 Å². The fourth-order valence-electron chi connectivity index (χ4n) is 2.53. The number of anilines is 1. The van der Waals surface area contributed by atoms with Gasteiger partial charge in [-0.05, 0) is 25.5 Å². The van der Waals surface area contributed by atoms with E-state index in [1.165, 1.54) is 0 Å². The van der Waals surface area contributed by atoms with Crippen LogP contribution in [0.5, 0.6) is 0 Å². The van der Waals surface area contributed by atoms with E-state index in [2.05, 4.69) is 26.1 Å². The predicted octanol–water partition coefficient (Wildman–Crippen LogP) is 2.22. The largest absolute Gasteiger partial charge is 0.389 e. The molecule has 1 fully saturated rings. The molecule has 1 amide bonds. The Morgan fingerprint density at radius 3 is 2.95 bits per heavy atom. The first-order valence-corrected chi connectivity index (χ1v) is 7.26.